The van der Waals surface area contributed by atoms with Gasteiger partial charge in [0.05, 0.1) is 0 Å². The van der Waals surface area contributed by atoms with Gasteiger partial charge >= 0.3 is 5.97 Å². The van der Waals surface area contributed by atoms with Crippen LogP contribution in [-0.4, -0.2) is 17.4 Å². The SMILES string of the molecule is CC(C=O)=CC(=O)O. The Morgan fingerprint density at radius 1 is 1.62 bits per heavy atom. The Hall–Kier alpha value is -1.12. The zero-order chi connectivity index (χ0) is 6.57. The number of hydrogen-bond donors (Lipinski definition) is 1. The number of rotatable bonds is 2. The molecule has 0 rings (SSSR count). The van der Waals surface area contributed by atoms with Crippen LogP contribution in [0, 0.1) is 0 Å². The molecule has 0 unspecified atom stereocenters. The molecule has 0 radical (unpaired) electrons. The Morgan fingerprint density at radius 3 is 2.25 bits per heavy atom. The summed E-state index contributed by atoms with van der Waals surface area (Å²) < 4.78 is 0. The van der Waals surface area contributed by atoms with Crippen LogP contribution < -0.4 is 0 Å². The highest BCUT2D eigenvalue weighted by molar-refractivity contribution is 5.87. The van der Waals surface area contributed by atoms with Crippen molar-refractivity contribution in [2.45, 2.75) is 6.92 Å². The van der Waals surface area contributed by atoms with Crippen molar-refractivity contribution in [2.75, 3.05) is 0 Å². The predicted octanol–water partition coefficient (Wildman–Crippen LogP) is 0.216. The van der Waals surface area contributed by atoms with Gasteiger partial charge in [-0.3, -0.25) is 4.79 Å². The van der Waals surface area contributed by atoms with E-state index in [9.17, 15) is 9.59 Å². The molecule has 0 saturated carbocycles. The van der Waals surface area contributed by atoms with Crippen LogP contribution in [0.15, 0.2) is 11.6 Å². The summed E-state index contributed by atoms with van der Waals surface area (Å²) in [7, 11) is 0. The average molecular weight is 114 g/mol. The molecular weight excluding hydrogens is 108 g/mol. The first-order valence-electron chi connectivity index (χ1n) is 2.03. The van der Waals surface area contributed by atoms with Crippen LogP contribution in [0.5, 0.6) is 0 Å². The molecule has 0 aliphatic heterocycles. The van der Waals surface area contributed by atoms with Crippen molar-refractivity contribution in [2.24, 2.45) is 0 Å². The molecule has 0 aromatic heterocycles. The predicted molar refractivity (Wildman–Crippen MR) is 27.5 cm³/mol. The van der Waals surface area contributed by atoms with Crippen molar-refractivity contribution in [1.82, 2.24) is 0 Å². The fraction of sp³-hybridized carbons (Fsp3) is 0.200. The Kier molecular flexibility index (Phi) is 2.54. The van der Waals surface area contributed by atoms with E-state index in [2.05, 4.69) is 0 Å². The Labute approximate surface area is 46.6 Å². The molecule has 3 nitrogen and oxygen atoms in total. The van der Waals surface area contributed by atoms with Gasteiger partial charge in [-0.15, -0.1) is 0 Å². The lowest BCUT2D eigenvalue weighted by Crippen LogP contribution is -1.89. The Bertz CT molecular complexity index is 135. The Morgan fingerprint density at radius 2 is 2.12 bits per heavy atom. The molecule has 3 heteroatoms. The topological polar surface area (TPSA) is 54.4 Å². The number of carbonyl (C=O) groups is 2. The second-order valence-electron chi connectivity index (χ2n) is 1.34. The minimum absolute atomic E-state index is 0.220. The lowest BCUT2D eigenvalue weighted by molar-refractivity contribution is -0.131. The highest BCUT2D eigenvalue weighted by Gasteiger charge is 1.88. The molecule has 1 N–H and O–H groups in total. The number of hydrogen-bond acceptors (Lipinski definition) is 2. The molecule has 0 bridgehead atoms. The number of carboxylic acids is 1. The summed E-state index contributed by atoms with van der Waals surface area (Å²) in [5.74, 6) is -1.09. The molecule has 0 fully saturated rings. The maximum atomic E-state index is 9.73. The first-order valence-corrected chi connectivity index (χ1v) is 2.03. The van der Waals surface area contributed by atoms with E-state index in [0.29, 0.717) is 6.29 Å². The lowest BCUT2D eigenvalue weighted by atomic mass is 10.3. The summed E-state index contributed by atoms with van der Waals surface area (Å²) in [6, 6.07) is 0. The van der Waals surface area contributed by atoms with E-state index < -0.39 is 5.97 Å². The van der Waals surface area contributed by atoms with E-state index in [-0.39, 0.29) is 5.57 Å². The largest absolute Gasteiger partial charge is 0.478 e. The van der Waals surface area contributed by atoms with Gasteiger partial charge in [-0.1, -0.05) is 0 Å². The van der Waals surface area contributed by atoms with Crippen LogP contribution in [0.3, 0.4) is 0 Å². The van der Waals surface area contributed by atoms with Crippen molar-refractivity contribution in [1.29, 1.82) is 0 Å². The average Bonchev–Trinajstić information content (AvgIpc) is 1.65. The summed E-state index contributed by atoms with van der Waals surface area (Å²) in [6.07, 6.45) is 1.35. The summed E-state index contributed by atoms with van der Waals surface area (Å²) in [5.41, 5.74) is 0.220. The van der Waals surface area contributed by atoms with Crippen LogP contribution in [0.1, 0.15) is 6.92 Å². The highest BCUT2D eigenvalue weighted by Crippen LogP contribution is 1.83. The third-order valence-electron chi connectivity index (χ3n) is 0.537. The lowest BCUT2D eigenvalue weighted by Gasteiger charge is -1.79. The van der Waals surface area contributed by atoms with Crippen LogP contribution in [0.25, 0.3) is 0 Å². The van der Waals surface area contributed by atoms with Gasteiger partial charge in [-0.05, 0) is 12.5 Å². The van der Waals surface area contributed by atoms with Crippen molar-refractivity contribution < 1.29 is 14.7 Å². The fourth-order valence-corrected chi connectivity index (χ4v) is 0.229. The van der Waals surface area contributed by atoms with Gasteiger partial charge in [0.15, 0.2) is 0 Å². The van der Waals surface area contributed by atoms with Gasteiger partial charge in [-0.25, -0.2) is 4.79 Å². The quantitative estimate of drug-likeness (QED) is 0.412. The molecule has 44 valence electrons. The third kappa shape index (κ3) is 3.08. The van der Waals surface area contributed by atoms with Gasteiger partial charge in [-0.2, -0.15) is 0 Å². The maximum Gasteiger partial charge on any atom is 0.328 e. The van der Waals surface area contributed by atoms with Gasteiger partial charge in [0.2, 0.25) is 0 Å². The van der Waals surface area contributed by atoms with E-state index in [1.165, 1.54) is 6.92 Å². The normalized spacial score (nSPS) is 10.9. The first-order chi connectivity index (χ1) is 3.66. The minimum atomic E-state index is -1.09. The summed E-state index contributed by atoms with van der Waals surface area (Å²) in [5, 5.41) is 7.98. The molecule has 0 spiro atoms. The van der Waals surface area contributed by atoms with Crippen LogP contribution >= 0.6 is 0 Å². The number of aliphatic carboxylic acids is 1. The van der Waals surface area contributed by atoms with E-state index in [0.717, 1.165) is 6.08 Å². The van der Waals surface area contributed by atoms with E-state index in [1.54, 1.807) is 0 Å². The fourth-order valence-electron chi connectivity index (χ4n) is 0.229. The molecule has 0 aliphatic rings. The standard InChI is InChI=1S/C5H6O3/c1-4(3-6)2-5(7)8/h2-3H,1H3,(H,7,8). The zero-order valence-electron chi connectivity index (χ0n) is 4.42. The highest BCUT2D eigenvalue weighted by atomic mass is 16.4. The maximum absolute atomic E-state index is 9.73. The monoisotopic (exact) mass is 114 g/mol. The van der Waals surface area contributed by atoms with Gasteiger partial charge in [0.1, 0.15) is 6.29 Å². The number of aldehydes is 1. The van der Waals surface area contributed by atoms with Gasteiger partial charge in [0, 0.05) is 6.08 Å². The molecule has 0 amide bonds. The minimum Gasteiger partial charge on any atom is -0.478 e. The molecule has 0 saturated heterocycles. The van der Waals surface area contributed by atoms with Crippen molar-refractivity contribution in [3.8, 4) is 0 Å². The zero-order valence-corrected chi connectivity index (χ0v) is 4.42. The molecule has 0 heterocycles. The number of allylic oxidation sites excluding steroid dienone is 1. The Balaban J connectivity index is 3.94. The number of carboxylic acid groups (broad SMARTS) is 1. The molecular formula is C5H6O3. The third-order valence-corrected chi connectivity index (χ3v) is 0.537. The van der Waals surface area contributed by atoms with Crippen LogP contribution in [0.4, 0.5) is 0 Å². The van der Waals surface area contributed by atoms with Crippen molar-refractivity contribution >= 4 is 12.3 Å². The first kappa shape index (κ1) is 6.88. The van der Waals surface area contributed by atoms with Crippen molar-refractivity contribution in [3.05, 3.63) is 11.6 Å². The molecule has 0 aromatic rings. The van der Waals surface area contributed by atoms with Crippen LogP contribution in [0.2, 0.25) is 0 Å². The van der Waals surface area contributed by atoms with E-state index in [1.807, 2.05) is 0 Å². The second kappa shape index (κ2) is 2.96. The van der Waals surface area contributed by atoms with Crippen LogP contribution in [-0.2, 0) is 9.59 Å². The molecule has 0 aliphatic carbocycles. The number of carbonyl (C=O) groups excluding carboxylic acids is 1. The van der Waals surface area contributed by atoms with E-state index in [4.69, 9.17) is 5.11 Å². The molecule has 0 aromatic carbocycles. The van der Waals surface area contributed by atoms with Crippen molar-refractivity contribution in [3.63, 3.8) is 0 Å². The summed E-state index contributed by atoms with van der Waals surface area (Å²) >= 11 is 0. The molecule has 8 heavy (non-hydrogen) atoms. The summed E-state index contributed by atoms with van der Waals surface area (Å²) in [6.45, 7) is 1.43. The van der Waals surface area contributed by atoms with Gasteiger partial charge < -0.3 is 5.11 Å². The van der Waals surface area contributed by atoms with E-state index >= 15 is 0 Å². The summed E-state index contributed by atoms with van der Waals surface area (Å²) in [4.78, 5) is 19.4. The second-order valence-corrected chi connectivity index (χ2v) is 1.34. The smallest absolute Gasteiger partial charge is 0.328 e. The molecule has 0 atom stereocenters. The van der Waals surface area contributed by atoms with Gasteiger partial charge in [0.25, 0.3) is 0 Å².